The monoisotopic (exact) mass is 531 g/mol. The van der Waals surface area contributed by atoms with E-state index in [2.05, 4.69) is 20.8 Å². The van der Waals surface area contributed by atoms with E-state index in [4.69, 9.17) is 37.4 Å². The van der Waals surface area contributed by atoms with E-state index in [9.17, 15) is 4.79 Å². The zero-order valence-electron chi connectivity index (χ0n) is 20.3. The number of hydrogen-bond acceptors (Lipinski definition) is 8. The van der Waals surface area contributed by atoms with Crippen LogP contribution in [-0.4, -0.2) is 39.4 Å². The number of hydrogen-bond donors (Lipinski definition) is 1. The van der Waals surface area contributed by atoms with Gasteiger partial charge >= 0.3 is 5.97 Å². The summed E-state index contributed by atoms with van der Waals surface area (Å²) in [4.78, 5) is 13.1. The Morgan fingerprint density at radius 2 is 1.92 bits per heavy atom. The minimum absolute atomic E-state index is 0.273. The number of halogens is 2. The fourth-order valence-electron chi connectivity index (χ4n) is 3.84. The summed E-state index contributed by atoms with van der Waals surface area (Å²) >= 11 is 12.1. The van der Waals surface area contributed by atoms with Crippen LogP contribution < -0.4 is 14.8 Å². The van der Waals surface area contributed by atoms with Gasteiger partial charge in [-0.15, -0.1) is 0 Å². The van der Waals surface area contributed by atoms with Gasteiger partial charge in [-0.05, 0) is 66.1 Å². The molecule has 1 atom stereocenters. The van der Waals surface area contributed by atoms with Gasteiger partial charge in [0.05, 0.1) is 28.8 Å². The van der Waals surface area contributed by atoms with Gasteiger partial charge < -0.3 is 19.5 Å². The van der Waals surface area contributed by atoms with Gasteiger partial charge in [0.2, 0.25) is 5.95 Å². The second kappa shape index (κ2) is 11.6. The molecular formula is C25H27Cl2N5O4. The molecule has 0 bridgehead atoms. The number of carbonyl (C=O) groups excluding carboxylic acids is 1. The lowest BCUT2D eigenvalue weighted by molar-refractivity contribution is -0.139. The van der Waals surface area contributed by atoms with E-state index in [1.54, 1.807) is 29.8 Å². The van der Waals surface area contributed by atoms with E-state index in [0.29, 0.717) is 52.0 Å². The topological polar surface area (TPSA) is 100 Å². The summed E-state index contributed by atoms with van der Waals surface area (Å²) in [7, 11) is 0. The number of unbranched alkanes of at least 4 members (excludes halogenated alkanes) is 1. The fourth-order valence-corrected chi connectivity index (χ4v) is 4.17. The van der Waals surface area contributed by atoms with E-state index in [1.807, 2.05) is 32.0 Å². The van der Waals surface area contributed by atoms with Crippen molar-refractivity contribution in [1.29, 1.82) is 0 Å². The minimum Gasteiger partial charge on any atom is -0.490 e. The molecule has 0 radical (unpaired) electrons. The maximum Gasteiger partial charge on any atom is 0.338 e. The van der Waals surface area contributed by atoms with Gasteiger partial charge in [-0.25, -0.2) is 4.79 Å². The average molecular weight is 532 g/mol. The molecule has 0 saturated heterocycles. The first kappa shape index (κ1) is 25.8. The van der Waals surface area contributed by atoms with Crippen LogP contribution in [0.4, 0.5) is 5.95 Å². The Hall–Kier alpha value is -3.30. The summed E-state index contributed by atoms with van der Waals surface area (Å²) in [6, 6.07) is 10.2. The van der Waals surface area contributed by atoms with Gasteiger partial charge in [-0.3, -0.25) is 0 Å². The third-order valence-corrected chi connectivity index (χ3v) is 6.37. The summed E-state index contributed by atoms with van der Waals surface area (Å²) in [5, 5.41) is 16.0. The van der Waals surface area contributed by atoms with Crippen molar-refractivity contribution >= 4 is 35.1 Å². The summed E-state index contributed by atoms with van der Waals surface area (Å²) in [6.45, 7) is 6.77. The van der Waals surface area contributed by atoms with Gasteiger partial charge in [0.15, 0.2) is 11.5 Å². The van der Waals surface area contributed by atoms with Crippen LogP contribution in [0.5, 0.6) is 11.5 Å². The molecule has 2 heterocycles. The largest absolute Gasteiger partial charge is 0.490 e. The lowest BCUT2D eigenvalue weighted by Crippen LogP contribution is -2.30. The van der Waals surface area contributed by atoms with Crippen LogP contribution in [0.1, 0.15) is 50.8 Å². The number of benzene rings is 2. The molecule has 1 N–H and O–H groups in total. The number of tetrazole rings is 1. The maximum absolute atomic E-state index is 13.1. The van der Waals surface area contributed by atoms with Crippen LogP contribution >= 0.6 is 23.2 Å². The lowest BCUT2D eigenvalue weighted by atomic mass is 9.95. The van der Waals surface area contributed by atoms with Crippen molar-refractivity contribution in [3.8, 4) is 11.5 Å². The second-order valence-electron chi connectivity index (χ2n) is 8.18. The normalized spacial score (nSPS) is 14.8. The summed E-state index contributed by atoms with van der Waals surface area (Å²) in [5.41, 5.74) is 2.67. The number of aromatic nitrogens is 4. The van der Waals surface area contributed by atoms with Crippen molar-refractivity contribution in [1.82, 2.24) is 20.2 Å². The number of esters is 1. The number of allylic oxidation sites excluding steroid dienone is 1. The highest BCUT2D eigenvalue weighted by molar-refractivity contribution is 6.42. The van der Waals surface area contributed by atoms with E-state index < -0.39 is 12.0 Å². The minimum atomic E-state index is -0.603. The quantitative estimate of drug-likeness (QED) is 0.267. The molecule has 0 spiro atoms. The number of anilines is 1. The number of carbonyl (C=O) groups is 1. The van der Waals surface area contributed by atoms with Crippen LogP contribution in [-0.2, 0) is 16.1 Å². The first-order chi connectivity index (χ1) is 17.4. The van der Waals surface area contributed by atoms with Crippen molar-refractivity contribution in [3.63, 3.8) is 0 Å². The summed E-state index contributed by atoms with van der Waals surface area (Å²) in [6.07, 6.45) is 1.71. The van der Waals surface area contributed by atoms with Gasteiger partial charge in [0.25, 0.3) is 0 Å². The van der Waals surface area contributed by atoms with Crippen molar-refractivity contribution < 1.29 is 19.0 Å². The Morgan fingerprint density at radius 3 is 2.67 bits per heavy atom. The fraction of sp³-hybridized carbons (Fsp3) is 0.360. The third-order valence-electron chi connectivity index (χ3n) is 5.63. The van der Waals surface area contributed by atoms with Crippen LogP contribution in [0.25, 0.3) is 0 Å². The molecule has 0 aliphatic carbocycles. The molecule has 2 aromatic carbocycles. The number of nitrogens with one attached hydrogen (secondary N) is 1. The van der Waals surface area contributed by atoms with Crippen molar-refractivity contribution in [2.75, 3.05) is 18.5 Å². The Morgan fingerprint density at radius 1 is 1.08 bits per heavy atom. The molecule has 4 rings (SSSR count). The van der Waals surface area contributed by atoms with Gasteiger partial charge in [-0.1, -0.05) is 53.8 Å². The molecule has 3 aromatic rings. The molecule has 0 fully saturated rings. The molecule has 36 heavy (non-hydrogen) atoms. The smallest absolute Gasteiger partial charge is 0.338 e. The molecule has 9 nitrogen and oxygen atoms in total. The molecule has 1 unspecified atom stereocenters. The molecule has 11 heteroatoms. The number of nitrogens with zero attached hydrogens (tertiary/aromatic N) is 4. The van der Waals surface area contributed by atoms with E-state index in [0.717, 1.165) is 24.0 Å². The molecule has 0 amide bonds. The molecule has 1 aromatic heterocycles. The van der Waals surface area contributed by atoms with E-state index in [1.165, 1.54) is 0 Å². The maximum atomic E-state index is 13.1. The van der Waals surface area contributed by atoms with Crippen molar-refractivity contribution in [2.24, 2.45) is 0 Å². The SMILES string of the molecule is CCCCOC(=O)C1=C(C)Nc2nnnn2C1c1ccc(OCc2ccc(Cl)c(Cl)c2)c(OCC)c1. The first-order valence-electron chi connectivity index (χ1n) is 11.7. The highest BCUT2D eigenvalue weighted by atomic mass is 35.5. The predicted molar refractivity (Wildman–Crippen MR) is 137 cm³/mol. The standard InChI is InChI=1S/C25H27Cl2N5O4/c1-4-6-11-35-24(33)22-15(3)28-25-29-30-31-32(25)23(22)17-8-10-20(21(13-17)34-5-2)36-14-16-7-9-18(26)19(27)12-16/h7-10,12-13,23H,4-6,11,14H2,1-3H3,(H,28,29,31). The second-order valence-corrected chi connectivity index (χ2v) is 8.99. The summed E-state index contributed by atoms with van der Waals surface area (Å²) in [5.74, 6) is 1.09. The molecule has 1 aliphatic heterocycles. The van der Waals surface area contributed by atoms with Gasteiger partial charge in [0, 0.05) is 5.70 Å². The zero-order valence-corrected chi connectivity index (χ0v) is 21.8. The van der Waals surface area contributed by atoms with E-state index in [-0.39, 0.29) is 6.61 Å². The Bertz CT molecular complexity index is 1280. The zero-order chi connectivity index (χ0) is 25.7. The first-order valence-corrected chi connectivity index (χ1v) is 12.4. The van der Waals surface area contributed by atoms with Gasteiger partial charge in [-0.2, -0.15) is 4.68 Å². The van der Waals surface area contributed by atoms with Gasteiger partial charge in [0.1, 0.15) is 12.6 Å². The van der Waals surface area contributed by atoms with Crippen molar-refractivity contribution in [2.45, 2.75) is 46.3 Å². The predicted octanol–water partition coefficient (Wildman–Crippen LogP) is 5.59. The number of rotatable bonds is 10. The molecule has 190 valence electrons. The highest BCUT2D eigenvalue weighted by Gasteiger charge is 2.35. The van der Waals surface area contributed by atoms with Crippen LogP contribution in [0, 0.1) is 0 Å². The lowest BCUT2D eigenvalue weighted by Gasteiger charge is -2.28. The molecular weight excluding hydrogens is 505 g/mol. The van der Waals surface area contributed by atoms with Crippen LogP contribution in [0.2, 0.25) is 10.0 Å². The molecule has 0 saturated carbocycles. The Balaban J connectivity index is 1.66. The third kappa shape index (κ3) is 5.57. The van der Waals surface area contributed by atoms with E-state index >= 15 is 0 Å². The van der Waals surface area contributed by atoms with Crippen LogP contribution in [0.15, 0.2) is 47.7 Å². The molecule has 1 aliphatic rings. The Kier molecular flexibility index (Phi) is 8.32. The Labute approximate surface area is 219 Å². The van der Waals surface area contributed by atoms with Crippen molar-refractivity contribution in [3.05, 3.63) is 68.8 Å². The summed E-state index contributed by atoms with van der Waals surface area (Å²) < 4.78 is 19.0. The highest BCUT2D eigenvalue weighted by Crippen LogP contribution is 2.39. The number of ether oxygens (including phenoxy) is 3. The average Bonchev–Trinajstić information content (AvgIpc) is 3.32. The van der Waals surface area contributed by atoms with Crippen LogP contribution in [0.3, 0.4) is 0 Å². The number of fused-ring (bicyclic) bond motifs is 1.